The Kier molecular flexibility index (Phi) is 8.63. The number of imidazole rings is 1. The summed E-state index contributed by atoms with van der Waals surface area (Å²) in [6.07, 6.45) is 1.75. The van der Waals surface area contributed by atoms with Gasteiger partial charge in [0.15, 0.2) is 5.65 Å². The van der Waals surface area contributed by atoms with E-state index in [4.69, 9.17) is 9.47 Å². The number of rotatable bonds is 9. The van der Waals surface area contributed by atoms with Gasteiger partial charge in [-0.15, -0.1) is 0 Å². The van der Waals surface area contributed by atoms with E-state index >= 15 is 0 Å². The molecule has 2 atom stereocenters. The van der Waals surface area contributed by atoms with Crippen molar-refractivity contribution in [1.29, 1.82) is 0 Å². The van der Waals surface area contributed by atoms with Gasteiger partial charge in [0.1, 0.15) is 5.60 Å². The summed E-state index contributed by atoms with van der Waals surface area (Å²) in [5, 5.41) is 10.1. The highest BCUT2D eigenvalue weighted by Gasteiger charge is 2.46. The first-order valence-electron chi connectivity index (χ1n) is 13.5. The monoisotopic (exact) mass is 571 g/mol. The Balaban J connectivity index is 1.53. The maximum Gasteiger partial charge on any atom is 0.408 e. The number of carbonyl (C=O) groups is 2. The van der Waals surface area contributed by atoms with Gasteiger partial charge in [-0.05, 0) is 51.5 Å². The molecule has 1 unspecified atom stereocenters. The van der Waals surface area contributed by atoms with Crippen molar-refractivity contribution in [3.8, 4) is 0 Å². The van der Waals surface area contributed by atoms with Crippen LogP contribution in [0.3, 0.4) is 0 Å². The van der Waals surface area contributed by atoms with Crippen molar-refractivity contribution in [1.82, 2.24) is 25.2 Å². The average Bonchev–Trinajstić information content (AvgIpc) is 3.23. The van der Waals surface area contributed by atoms with E-state index in [1.807, 2.05) is 0 Å². The molecule has 222 valence electrons. The van der Waals surface area contributed by atoms with E-state index in [0.717, 1.165) is 0 Å². The first kappa shape index (κ1) is 30.0. The SMILES string of the molecule is COC[C@@H](NC(=O)CC1CC(F)(F)C1)c1cnn2cc(C(NC(=O)OC(C)(C)C)C3CCC(F)(F)CC3)nc2c1. The van der Waals surface area contributed by atoms with Crippen molar-refractivity contribution < 1.29 is 36.6 Å². The van der Waals surface area contributed by atoms with Crippen molar-refractivity contribution >= 4 is 17.6 Å². The van der Waals surface area contributed by atoms with Crippen LogP contribution in [0.1, 0.15) is 89.1 Å². The number of alkyl halides is 4. The fraction of sp³-hybridized carbons (Fsp3) is 0.704. The summed E-state index contributed by atoms with van der Waals surface area (Å²) in [6.45, 7) is 5.32. The second kappa shape index (κ2) is 11.5. The molecule has 2 aromatic rings. The minimum Gasteiger partial charge on any atom is -0.444 e. The Bertz CT molecular complexity index is 1200. The number of aromatic nitrogens is 3. The van der Waals surface area contributed by atoms with Crippen LogP contribution in [0.4, 0.5) is 22.4 Å². The third-order valence-corrected chi connectivity index (χ3v) is 7.30. The van der Waals surface area contributed by atoms with Crippen LogP contribution in [0, 0.1) is 11.8 Å². The molecule has 0 saturated heterocycles. The van der Waals surface area contributed by atoms with Crippen LogP contribution in [0.25, 0.3) is 5.65 Å². The van der Waals surface area contributed by atoms with Gasteiger partial charge in [-0.1, -0.05) is 0 Å². The van der Waals surface area contributed by atoms with Crippen molar-refractivity contribution in [3.63, 3.8) is 0 Å². The number of hydrogen-bond donors (Lipinski definition) is 2. The zero-order chi connectivity index (χ0) is 29.3. The second-order valence-corrected chi connectivity index (χ2v) is 12.0. The van der Waals surface area contributed by atoms with Crippen molar-refractivity contribution in [2.24, 2.45) is 11.8 Å². The number of alkyl carbamates (subject to hydrolysis) is 1. The molecule has 2 aliphatic rings. The lowest BCUT2D eigenvalue weighted by atomic mass is 9.79. The summed E-state index contributed by atoms with van der Waals surface area (Å²) in [5.74, 6) is -6.43. The largest absolute Gasteiger partial charge is 0.444 e. The van der Waals surface area contributed by atoms with Crippen LogP contribution in [0.2, 0.25) is 0 Å². The van der Waals surface area contributed by atoms with Crippen LogP contribution >= 0.6 is 0 Å². The predicted octanol–water partition coefficient (Wildman–Crippen LogP) is 5.36. The number of methoxy groups -OCH3 is 1. The van der Waals surface area contributed by atoms with Crippen LogP contribution in [0.15, 0.2) is 18.5 Å². The van der Waals surface area contributed by atoms with Gasteiger partial charge in [-0.3, -0.25) is 4.79 Å². The Morgan fingerprint density at radius 2 is 1.80 bits per heavy atom. The van der Waals surface area contributed by atoms with E-state index in [2.05, 4.69) is 20.7 Å². The zero-order valence-corrected chi connectivity index (χ0v) is 23.2. The Labute approximate surface area is 230 Å². The van der Waals surface area contributed by atoms with E-state index in [1.54, 1.807) is 33.0 Å². The highest BCUT2D eigenvalue weighted by molar-refractivity contribution is 5.77. The number of carbonyl (C=O) groups excluding carboxylic acids is 2. The molecule has 2 N–H and O–H groups in total. The summed E-state index contributed by atoms with van der Waals surface area (Å²) in [7, 11) is 1.48. The molecule has 2 saturated carbocycles. The van der Waals surface area contributed by atoms with E-state index in [9.17, 15) is 27.2 Å². The minimum atomic E-state index is -2.73. The fourth-order valence-electron chi connectivity index (χ4n) is 5.35. The summed E-state index contributed by atoms with van der Waals surface area (Å²) >= 11 is 0. The molecule has 0 radical (unpaired) electrons. The first-order valence-corrected chi connectivity index (χ1v) is 13.5. The van der Waals surface area contributed by atoms with E-state index in [-0.39, 0.29) is 69.3 Å². The topological polar surface area (TPSA) is 107 Å². The fourth-order valence-corrected chi connectivity index (χ4v) is 5.35. The van der Waals surface area contributed by atoms with E-state index in [1.165, 1.54) is 17.8 Å². The summed E-state index contributed by atoms with van der Waals surface area (Å²) in [6, 6.07) is 0.440. The molecule has 2 fully saturated rings. The molecule has 9 nitrogen and oxygen atoms in total. The Hall–Kier alpha value is -2.96. The lowest BCUT2D eigenvalue weighted by Crippen LogP contribution is -2.40. The standard InChI is InChI=1S/C27H37F4N5O4/c1-25(2,3)40-24(38)35-23(17-5-7-26(28,29)8-6-17)19-14-36-21(33-19)10-18(13-32-36)20(15-39-4)34-22(37)9-16-11-27(30,31)12-16/h10,13-14,16-17,20,23H,5-9,11-12,15H2,1-4H3,(H,34,37)(H,35,38)/t20-,23?/m1/s1. The number of amides is 2. The lowest BCUT2D eigenvalue weighted by molar-refractivity contribution is -0.134. The zero-order valence-electron chi connectivity index (χ0n) is 23.2. The molecule has 0 aliphatic heterocycles. The molecule has 2 aromatic heterocycles. The van der Waals surface area contributed by atoms with Gasteiger partial charge < -0.3 is 20.1 Å². The van der Waals surface area contributed by atoms with Crippen LogP contribution in [0.5, 0.6) is 0 Å². The lowest BCUT2D eigenvalue weighted by Gasteiger charge is -2.34. The number of nitrogens with zero attached hydrogens (tertiary/aromatic N) is 3. The Morgan fingerprint density at radius 1 is 1.12 bits per heavy atom. The molecular formula is C27H37F4N5O4. The van der Waals surface area contributed by atoms with Crippen LogP contribution < -0.4 is 10.6 Å². The van der Waals surface area contributed by atoms with Gasteiger partial charge in [0.2, 0.25) is 17.8 Å². The Morgan fingerprint density at radius 3 is 2.40 bits per heavy atom. The smallest absolute Gasteiger partial charge is 0.408 e. The molecule has 0 aromatic carbocycles. The minimum absolute atomic E-state index is 0.00253. The van der Waals surface area contributed by atoms with Crippen molar-refractivity contribution in [3.05, 3.63) is 29.7 Å². The van der Waals surface area contributed by atoms with Crippen LogP contribution in [-0.2, 0) is 14.3 Å². The third kappa shape index (κ3) is 7.82. The van der Waals surface area contributed by atoms with Gasteiger partial charge in [0.05, 0.1) is 36.8 Å². The van der Waals surface area contributed by atoms with E-state index < -0.39 is 35.6 Å². The number of hydrogen-bond acceptors (Lipinski definition) is 6. The number of ether oxygens (including phenoxy) is 2. The van der Waals surface area contributed by atoms with Gasteiger partial charge in [0.25, 0.3) is 0 Å². The average molecular weight is 572 g/mol. The number of halogens is 4. The predicted molar refractivity (Wildman–Crippen MR) is 137 cm³/mol. The van der Waals surface area contributed by atoms with Gasteiger partial charge >= 0.3 is 6.09 Å². The summed E-state index contributed by atoms with van der Waals surface area (Å²) in [5.41, 5.74) is 0.708. The first-order chi connectivity index (χ1) is 18.6. The molecule has 4 rings (SSSR count). The maximum atomic E-state index is 13.9. The molecule has 0 spiro atoms. The summed E-state index contributed by atoms with van der Waals surface area (Å²) in [4.78, 5) is 29.8. The third-order valence-electron chi connectivity index (χ3n) is 7.30. The second-order valence-electron chi connectivity index (χ2n) is 12.0. The molecule has 2 heterocycles. The molecule has 2 amide bonds. The van der Waals surface area contributed by atoms with Gasteiger partial charge in [-0.2, -0.15) is 5.10 Å². The molecule has 13 heteroatoms. The van der Waals surface area contributed by atoms with Gasteiger partial charge in [0, 0.05) is 44.8 Å². The molecule has 2 aliphatic carbocycles. The van der Waals surface area contributed by atoms with Crippen molar-refractivity contribution in [2.45, 2.75) is 95.2 Å². The molecule has 0 bridgehead atoms. The maximum absolute atomic E-state index is 13.9. The van der Waals surface area contributed by atoms with Crippen LogP contribution in [-0.4, -0.2) is 57.8 Å². The molecular weight excluding hydrogens is 534 g/mol. The van der Waals surface area contributed by atoms with Crippen molar-refractivity contribution in [2.75, 3.05) is 13.7 Å². The van der Waals surface area contributed by atoms with E-state index in [0.29, 0.717) is 16.9 Å². The number of nitrogens with one attached hydrogen (secondary N) is 2. The highest BCUT2D eigenvalue weighted by Crippen LogP contribution is 2.44. The molecule has 40 heavy (non-hydrogen) atoms. The highest BCUT2D eigenvalue weighted by atomic mass is 19.3. The summed E-state index contributed by atoms with van der Waals surface area (Å²) < 4.78 is 66.3. The quantitative estimate of drug-likeness (QED) is 0.393. The normalized spacial score (nSPS) is 20.9. The van der Waals surface area contributed by atoms with Gasteiger partial charge in [-0.25, -0.2) is 31.9 Å². The number of fused-ring (bicyclic) bond motifs is 1.